The first-order valence-electron chi connectivity index (χ1n) is 4.64. The van der Waals surface area contributed by atoms with Crippen molar-refractivity contribution >= 4 is 29.7 Å². The van der Waals surface area contributed by atoms with Crippen molar-refractivity contribution in [2.75, 3.05) is 0 Å². The Morgan fingerprint density at radius 3 is 2.94 bits per heavy atom. The molecular formula is C10H8Cl2N2O3. The lowest BCUT2D eigenvalue weighted by Gasteiger charge is -1.98. The van der Waals surface area contributed by atoms with E-state index in [2.05, 4.69) is 9.84 Å². The number of furan rings is 1. The van der Waals surface area contributed by atoms with Crippen molar-refractivity contribution in [2.24, 2.45) is 7.05 Å². The van der Waals surface area contributed by atoms with E-state index in [0.717, 1.165) is 0 Å². The quantitative estimate of drug-likeness (QED) is 0.805. The maximum absolute atomic E-state index is 10.1. The van der Waals surface area contributed by atoms with E-state index in [1.807, 2.05) is 0 Å². The molecule has 2 aromatic heterocycles. The van der Waals surface area contributed by atoms with Crippen LogP contribution in [0.1, 0.15) is 5.76 Å². The summed E-state index contributed by atoms with van der Waals surface area (Å²) >= 11 is 11.9. The summed E-state index contributed by atoms with van der Waals surface area (Å²) in [5.41, 5.74) is 1.26. The van der Waals surface area contributed by atoms with Crippen molar-refractivity contribution < 1.29 is 13.9 Å². The third-order valence-electron chi connectivity index (χ3n) is 2.18. The van der Waals surface area contributed by atoms with Gasteiger partial charge in [0.05, 0.1) is 22.5 Å². The number of nitrogens with zero attached hydrogens (tertiary/aromatic N) is 2. The Hall–Kier alpha value is -1.46. The van der Waals surface area contributed by atoms with Crippen LogP contribution in [-0.2, 0) is 23.2 Å². The summed E-state index contributed by atoms with van der Waals surface area (Å²) in [6.45, 7) is 0.367. The van der Waals surface area contributed by atoms with Crippen LogP contribution in [0.3, 0.4) is 0 Å². The van der Waals surface area contributed by atoms with Crippen LogP contribution in [0.2, 0.25) is 10.2 Å². The van der Waals surface area contributed by atoms with Gasteiger partial charge in [0, 0.05) is 7.05 Å². The molecule has 0 unspecified atom stereocenters. The summed E-state index contributed by atoms with van der Waals surface area (Å²) in [4.78, 5) is 10.1. The van der Waals surface area contributed by atoms with Crippen LogP contribution in [0, 0.1) is 0 Å². The second-order valence-electron chi connectivity index (χ2n) is 3.27. The molecule has 0 aliphatic heterocycles. The standard InChI is InChI=1S/C10H8Cl2N2O3/c1-14-9(8(11)3-13-14)7-2-6(4-16-5-15)17-10(7)12/h2-3,5H,4H2,1H3. The molecule has 17 heavy (non-hydrogen) atoms. The Labute approximate surface area is 107 Å². The topological polar surface area (TPSA) is 57.3 Å². The average molecular weight is 275 g/mol. The zero-order valence-electron chi connectivity index (χ0n) is 8.81. The summed E-state index contributed by atoms with van der Waals surface area (Å²) in [5.74, 6) is 0.439. The molecule has 0 bridgehead atoms. The fourth-order valence-electron chi connectivity index (χ4n) is 1.48. The summed E-state index contributed by atoms with van der Waals surface area (Å²) in [5, 5.41) is 4.65. The number of aryl methyl sites for hydroxylation is 1. The minimum atomic E-state index is 0.0265. The van der Waals surface area contributed by atoms with Gasteiger partial charge in [-0.2, -0.15) is 5.10 Å². The van der Waals surface area contributed by atoms with E-state index in [1.165, 1.54) is 6.20 Å². The molecule has 7 heteroatoms. The fourth-order valence-corrected chi connectivity index (χ4v) is 1.99. The third kappa shape index (κ3) is 2.30. The van der Waals surface area contributed by atoms with Crippen LogP contribution in [0.5, 0.6) is 0 Å². The van der Waals surface area contributed by atoms with Crippen molar-refractivity contribution in [1.82, 2.24) is 9.78 Å². The van der Waals surface area contributed by atoms with Crippen molar-refractivity contribution in [3.63, 3.8) is 0 Å². The maximum Gasteiger partial charge on any atom is 0.293 e. The molecule has 0 radical (unpaired) electrons. The molecule has 2 heterocycles. The number of aromatic nitrogens is 2. The third-order valence-corrected chi connectivity index (χ3v) is 2.74. The summed E-state index contributed by atoms with van der Waals surface area (Å²) < 4.78 is 11.4. The summed E-state index contributed by atoms with van der Waals surface area (Å²) in [6, 6.07) is 1.66. The van der Waals surface area contributed by atoms with E-state index in [0.29, 0.717) is 28.5 Å². The Morgan fingerprint density at radius 1 is 1.59 bits per heavy atom. The molecule has 0 saturated heterocycles. The fraction of sp³-hybridized carbons (Fsp3) is 0.200. The number of hydrogen-bond donors (Lipinski definition) is 0. The van der Waals surface area contributed by atoms with E-state index in [1.54, 1.807) is 17.8 Å². The van der Waals surface area contributed by atoms with Crippen LogP contribution < -0.4 is 0 Å². The summed E-state index contributed by atoms with van der Waals surface area (Å²) in [6.07, 6.45) is 1.52. The first kappa shape index (κ1) is 12.0. The highest BCUT2D eigenvalue weighted by Crippen LogP contribution is 2.35. The largest absolute Gasteiger partial charge is 0.460 e. The number of carbonyl (C=O) groups excluding carboxylic acids is 1. The number of ether oxygens (including phenoxy) is 1. The highest BCUT2D eigenvalue weighted by molar-refractivity contribution is 6.35. The first-order valence-corrected chi connectivity index (χ1v) is 5.40. The van der Waals surface area contributed by atoms with Crippen LogP contribution in [0.25, 0.3) is 11.3 Å². The number of carbonyl (C=O) groups is 1. The predicted octanol–water partition coefficient (Wildman–Crippen LogP) is 2.66. The zero-order valence-corrected chi connectivity index (χ0v) is 10.3. The van der Waals surface area contributed by atoms with E-state index in [4.69, 9.17) is 27.6 Å². The molecule has 90 valence electrons. The van der Waals surface area contributed by atoms with Crippen LogP contribution in [0.15, 0.2) is 16.7 Å². The van der Waals surface area contributed by atoms with Gasteiger partial charge >= 0.3 is 0 Å². The maximum atomic E-state index is 10.1. The first-order chi connectivity index (χ1) is 8.13. The number of hydrogen-bond acceptors (Lipinski definition) is 4. The average Bonchev–Trinajstić information content (AvgIpc) is 2.80. The van der Waals surface area contributed by atoms with Gasteiger partial charge in [-0.3, -0.25) is 9.48 Å². The van der Waals surface area contributed by atoms with Gasteiger partial charge in [0.2, 0.25) is 5.22 Å². The molecule has 2 rings (SSSR count). The molecular weight excluding hydrogens is 267 g/mol. The number of rotatable bonds is 4. The van der Waals surface area contributed by atoms with Gasteiger partial charge in [0.1, 0.15) is 12.4 Å². The molecule has 0 aliphatic carbocycles. The molecule has 0 spiro atoms. The Balaban J connectivity index is 2.39. The molecule has 0 saturated carbocycles. The lowest BCUT2D eigenvalue weighted by atomic mass is 10.2. The van der Waals surface area contributed by atoms with Gasteiger partial charge in [-0.15, -0.1) is 0 Å². The molecule has 0 N–H and O–H groups in total. The smallest absolute Gasteiger partial charge is 0.293 e. The second-order valence-corrected chi connectivity index (χ2v) is 4.02. The molecule has 0 atom stereocenters. The highest BCUT2D eigenvalue weighted by Gasteiger charge is 2.17. The molecule has 5 nitrogen and oxygen atoms in total. The Kier molecular flexibility index (Phi) is 3.40. The van der Waals surface area contributed by atoms with E-state index < -0.39 is 0 Å². The normalized spacial score (nSPS) is 10.5. The monoisotopic (exact) mass is 274 g/mol. The van der Waals surface area contributed by atoms with E-state index in [9.17, 15) is 4.79 Å². The van der Waals surface area contributed by atoms with Crippen LogP contribution >= 0.6 is 23.2 Å². The lowest BCUT2D eigenvalue weighted by Crippen LogP contribution is -1.93. The van der Waals surface area contributed by atoms with E-state index >= 15 is 0 Å². The number of halogens is 2. The van der Waals surface area contributed by atoms with Crippen molar-refractivity contribution in [3.05, 3.63) is 28.3 Å². The van der Waals surface area contributed by atoms with Gasteiger partial charge in [0.25, 0.3) is 6.47 Å². The molecule has 0 amide bonds. The van der Waals surface area contributed by atoms with Gasteiger partial charge in [0.15, 0.2) is 0 Å². The van der Waals surface area contributed by atoms with Gasteiger partial charge in [-0.05, 0) is 17.7 Å². The predicted molar refractivity (Wildman–Crippen MR) is 61.8 cm³/mol. The second kappa shape index (κ2) is 4.81. The van der Waals surface area contributed by atoms with Crippen molar-refractivity contribution in [1.29, 1.82) is 0 Å². The van der Waals surface area contributed by atoms with Crippen molar-refractivity contribution in [2.45, 2.75) is 6.61 Å². The van der Waals surface area contributed by atoms with Gasteiger partial charge in [-0.1, -0.05) is 11.6 Å². The molecule has 0 aromatic carbocycles. The molecule has 0 aliphatic rings. The van der Waals surface area contributed by atoms with Gasteiger partial charge in [-0.25, -0.2) is 0 Å². The minimum Gasteiger partial charge on any atom is -0.460 e. The molecule has 2 aromatic rings. The van der Waals surface area contributed by atoms with Crippen molar-refractivity contribution in [3.8, 4) is 11.3 Å². The SMILES string of the molecule is Cn1ncc(Cl)c1-c1cc(COC=O)oc1Cl. The highest BCUT2D eigenvalue weighted by atomic mass is 35.5. The lowest BCUT2D eigenvalue weighted by molar-refractivity contribution is -0.130. The van der Waals surface area contributed by atoms with Crippen LogP contribution in [-0.4, -0.2) is 16.3 Å². The zero-order chi connectivity index (χ0) is 12.4. The van der Waals surface area contributed by atoms with Gasteiger partial charge < -0.3 is 9.15 Å². The molecule has 0 fully saturated rings. The Bertz CT molecular complexity index is 528. The summed E-state index contributed by atoms with van der Waals surface area (Å²) in [7, 11) is 1.74. The Morgan fingerprint density at radius 2 is 2.35 bits per heavy atom. The minimum absolute atomic E-state index is 0.0265. The van der Waals surface area contributed by atoms with E-state index in [-0.39, 0.29) is 11.8 Å². The van der Waals surface area contributed by atoms with Crippen LogP contribution in [0.4, 0.5) is 0 Å².